The second kappa shape index (κ2) is 19.7. The van der Waals surface area contributed by atoms with Crippen LogP contribution >= 0.6 is 0 Å². The molecule has 0 aliphatic rings. The van der Waals surface area contributed by atoms with Gasteiger partial charge in [0.25, 0.3) is 0 Å². The maximum atomic E-state index is 11.4. The summed E-state index contributed by atoms with van der Waals surface area (Å²) >= 11 is 0. The van der Waals surface area contributed by atoms with Crippen LogP contribution in [-0.4, -0.2) is 84.6 Å². The lowest BCUT2D eigenvalue weighted by Gasteiger charge is -2.16. The van der Waals surface area contributed by atoms with E-state index >= 15 is 0 Å². The first-order valence-corrected chi connectivity index (χ1v) is 17.4. The molecule has 3 aromatic carbocycles. The molecule has 50 heavy (non-hydrogen) atoms. The zero-order chi connectivity index (χ0) is 35.9. The Balaban J connectivity index is 1.71. The van der Waals surface area contributed by atoms with E-state index in [2.05, 4.69) is 20.8 Å². The van der Waals surface area contributed by atoms with Crippen LogP contribution in [0.15, 0.2) is 42.5 Å². The molecule has 0 bridgehead atoms. The van der Waals surface area contributed by atoms with E-state index in [0.717, 1.165) is 30.6 Å². The number of nitrogens with zero attached hydrogens (tertiary/aromatic N) is 3. The monoisotopic (exact) mass is 689 g/mol. The highest BCUT2D eigenvalue weighted by atomic mass is 16.5. The number of hydrogen-bond donors (Lipinski definition) is 2. The van der Waals surface area contributed by atoms with E-state index < -0.39 is 0 Å². The maximum absolute atomic E-state index is 11.4. The summed E-state index contributed by atoms with van der Waals surface area (Å²) < 4.78 is 34.3. The van der Waals surface area contributed by atoms with Gasteiger partial charge in [-0.15, -0.1) is 0 Å². The molecule has 0 saturated carbocycles. The summed E-state index contributed by atoms with van der Waals surface area (Å²) in [5.74, 6) is 2.62. The van der Waals surface area contributed by atoms with E-state index in [9.17, 15) is 10.2 Å². The summed E-state index contributed by atoms with van der Waals surface area (Å²) in [7, 11) is 0. The molecule has 0 spiro atoms. The highest BCUT2D eigenvalue weighted by molar-refractivity contribution is 5.75. The van der Waals surface area contributed by atoms with Gasteiger partial charge >= 0.3 is 0 Å². The van der Waals surface area contributed by atoms with Gasteiger partial charge in [-0.2, -0.15) is 0 Å². The van der Waals surface area contributed by atoms with Crippen LogP contribution in [0.1, 0.15) is 56.7 Å². The highest BCUT2D eigenvalue weighted by Gasteiger charge is 2.21. The van der Waals surface area contributed by atoms with E-state index in [1.54, 1.807) is 38.1 Å². The average molecular weight is 690 g/mol. The molecule has 2 N–H and O–H groups in total. The van der Waals surface area contributed by atoms with Crippen molar-refractivity contribution in [3.8, 4) is 62.9 Å². The fraction of sp³-hybridized carbons (Fsp3) is 0.462. The Kier molecular flexibility index (Phi) is 15.1. The average Bonchev–Trinajstić information content (AvgIpc) is 3.12. The van der Waals surface area contributed by atoms with Gasteiger partial charge in [-0.3, -0.25) is 0 Å². The molecule has 1 heterocycles. The van der Waals surface area contributed by atoms with Crippen molar-refractivity contribution in [2.75, 3.05) is 59.5 Å². The molecular formula is C39H51N3O8. The van der Waals surface area contributed by atoms with Gasteiger partial charge in [0.15, 0.2) is 17.5 Å². The quantitative estimate of drug-likeness (QED) is 0.0837. The second-order valence-corrected chi connectivity index (χ2v) is 11.8. The van der Waals surface area contributed by atoms with Crippen molar-refractivity contribution in [1.82, 2.24) is 15.0 Å². The lowest BCUT2D eigenvalue weighted by Crippen LogP contribution is -2.08. The van der Waals surface area contributed by atoms with Crippen LogP contribution in [0.25, 0.3) is 34.2 Å². The number of ether oxygens (including phenoxy) is 6. The third-order valence-corrected chi connectivity index (χ3v) is 7.81. The van der Waals surface area contributed by atoms with Gasteiger partial charge in [0.1, 0.15) is 48.6 Å². The normalized spacial score (nSPS) is 11.2. The van der Waals surface area contributed by atoms with Gasteiger partial charge < -0.3 is 38.6 Å². The minimum atomic E-state index is -0.0141. The Hall–Kier alpha value is -4.45. The first kappa shape index (κ1) is 38.4. The molecule has 11 heteroatoms. The number of aryl methyl sites for hydroxylation is 1. The Bertz CT molecular complexity index is 1590. The summed E-state index contributed by atoms with van der Waals surface area (Å²) in [4.78, 5) is 14.4. The Morgan fingerprint density at radius 1 is 0.480 bits per heavy atom. The standard InChI is InChI=1S/C39H51N3O8/c1-7-16-45-19-22-48-32-13-10-29(25-26(32)4)37-40-38(30-11-14-33(27(5)35(30)43)49-23-20-46-17-8-2)42-39(41-37)31-12-15-34(28(6)36(31)44)50-24-21-47-18-9-3/h10-15,25,43-44H,7-9,16-24H2,1-6H3. The van der Waals surface area contributed by atoms with Crippen LogP contribution in [0.4, 0.5) is 0 Å². The Morgan fingerprint density at radius 3 is 1.30 bits per heavy atom. The SMILES string of the molecule is CCCOCCOc1ccc(-c2nc(-c3ccc(OCCOCCC)c(C)c3O)nc(-c3ccc(OCCOCCC)c(C)c3O)n2)cc1C. The summed E-state index contributed by atoms with van der Waals surface area (Å²) in [5.41, 5.74) is 3.50. The molecule has 0 aliphatic carbocycles. The van der Waals surface area contributed by atoms with E-state index in [0.29, 0.717) is 105 Å². The van der Waals surface area contributed by atoms with E-state index in [1.807, 2.05) is 25.1 Å². The molecule has 0 atom stereocenters. The topological polar surface area (TPSA) is 135 Å². The molecule has 270 valence electrons. The zero-order valence-electron chi connectivity index (χ0n) is 30.2. The molecule has 11 nitrogen and oxygen atoms in total. The summed E-state index contributed by atoms with van der Waals surface area (Å²) in [5, 5.41) is 22.7. The molecule has 0 amide bonds. The third kappa shape index (κ3) is 10.3. The van der Waals surface area contributed by atoms with Crippen LogP contribution in [-0.2, 0) is 14.2 Å². The summed E-state index contributed by atoms with van der Waals surface area (Å²) in [6, 6.07) is 12.7. The molecule has 0 fully saturated rings. The van der Waals surface area contributed by atoms with Gasteiger partial charge in [0, 0.05) is 36.5 Å². The van der Waals surface area contributed by atoms with Crippen molar-refractivity contribution < 1.29 is 38.6 Å². The van der Waals surface area contributed by atoms with Crippen molar-refractivity contribution >= 4 is 0 Å². The molecule has 4 aromatic rings. The number of hydrogen-bond acceptors (Lipinski definition) is 11. The predicted molar refractivity (Wildman–Crippen MR) is 193 cm³/mol. The van der Waals surface area contributed by atoms with Gasteiger partial charge in [-0.1, -0.05) is 20.8 Å². The minimum Gasteiger partial charge on any atom is -0.507 e. The second-order valence-electron chi connectivity index (χ2n) is 11.8. The fourth-order valence-corrected chi connectivity index (χ4v) is 5.10. The fourth-order valence-electron chi connectivity index (χ4n) is 5.10. The number of aromatic nitrogens is 3. The first-order chi connectivity index (χ1) is 24.3. The molecular weight excluding hydrogens is 638 g/mol. The van der Waals surface area contributed by atoms with Gasteiger partial charge in [0.05, 0.1) is 30.9 Å². The highest BCUT2D eigenvalue weighted by Crippen LogP contribution is 2.40. The Labute approximate surface area is 295 Å². The predicted octanol–water partition coefficient (Wildman–Crippen LogP) is 7.63. The number of phenolic OH excluding ortho intramolecular Hbond substituents is 2. The largest absolute Gasteiger partial charge is 0.507 e. The van der Waals surface area contributed by atoms with Crippen molar-refractivity contribution in [2.45, 2.75) is 60.8 Å². The van der Waals surface area contributed by atoms with Crippen LogP contribution in [0.2, 0.25) is 0 Å². The summed E-state index contributed by atoms with van der Waals surface area (Å²) in [6.07, 6.45) is 2.82. The minimum absolute atomic E-state index is 0.0141. The van der Waals surface area contributed by atoms with Crippen LogP contribution in [0, 0.1) is 20.8 Å². The van der Waals surface area contributed by atoms with E-state index in [4.69, 9.17) is 43.4 Å². The number of benzene rings is 3. The molecule has 4 rings (SSSR count). The number of phenols is 2. The molecule has 1 aromatic heterocycles. The molecule has 0 aliphatic heterocycles. The number of rotatable bonds is 21. The van der Waals surface area contributed by atoms with Gasteiger partial charge in [-0.05, 0) is 88.1 Å². The van der Waals surface area contributed by atoms with Crippen LogP contribution < -0.4 is 14.2 Å². The van der Waals surface area contributed by atoms with Crippen molar-refractivity contribution in [3.05, 3.63) is 59.2 Å². The smallest absolute Gasteiger partial charge is 0.167 e. The van der Waals surface area contributed by atoms with Gasteiger partial charge in [0.2, 0.25) is 0 Å². The first-order valence-electron chi connectivity index (χ1n) is 17.4. The molecule has 0 radical (unpaired) electrons. The summed E-state index contributed by atoms with van der Waals surface area (Å²) in [6.45, 7) is 16.3. The van der Waals surface area contributed by atoms with E-state index in [-0.39, 0.29) is 23.1 Å². The number of aromatic hydroxyl groups is 2. The van der Waals surface area contributed by atoms with Crippen molar-refractivity contribution in [2.24, 2.45) is 0 Å². The Morgan fingerprint density at radius 2 is 0.880 bits per heavy atom. The van der Waals surface area contributed by atoms with Crippen molar-refractivity contribution in [3.63, 3.8) is 0 Å². The van der Waals surface area contributed by atoms with Crippen molar-refractivity contribution in [1.29, 1.82) is 0 Å². The molecule has 0 saturated heterocycles. The zero-order valence-corrected chi connectivity index (χ0v) is 30.2. The van der Waals surface area contributed by atoms with Crippen LogP contribution in [0.3, 0.4) is 0 Å². The van der Waals surface area contributed by atoms with Gasteiger partial charge in [-0.25, -0.2) is 15.0 Å². The van der Waals surface area contributed by atoms with E-state index in [1.165, 1.54) is 0 Å². The third-order valence-electron chi connectivity index (χ3n) is 7.81. The lowest BCUT2D eigenvalue weighted by molar-refractivity contribution is 0.100. The molecule has 0 unspecified atom stereocenters. The maximum Gasteiger partial charge on any atom is 0.167 e. The lowest BCUT2D eigenvalue weighted by atomic mass is 10.1. The van der Waals surface area contributed by atoms with Crippen LogP contribution in [0.5, 0.6) is 28.7 Å².